The largest absolute Gasteiger partial charge is 0.480 e. The van der Waals surface area contributed by atoms with Gasteiger partial charge in [0.1, 0.15) is 0 Å². The first-order valence-electron chi connectivity index (χ1n) is 5.42. The highest BCUT2D eigenvalue weighted by atomic mass is 16.4. The Morgan fingerprint density at radius 1 is 1.33 bits per heavy atom. The number of urea groups is 1. The molecule has 0 aliphatic heterocycles. The fourth-order valence-electron chi connectivity index (χ4n) is 1.13. The molecule has 0 aliphatic rings. The Morgan fingerprint density at radius 3 is 2.28 bits per heavy atom. The minimum Gasteiger partial charge on any atom is -0.480 e. The number of rotatable bonds is 6. The van der Waals surface area contributed by atoms with Crippen molar-refractivity contribution in [1.29, 1.82) is 0 Å². The molecule has 0 rings (SSSR count). The highest BCUT2D eigenvalue weighted by Crippen LogP contribution is 1.96. The molecule has 3 amide bonds. The molecule has 2 unspecified atom stereocenters. The minimum atomic E-state index is -1.38. The molecule has 0 radical (unpaired) electrons. The van der Waals surface area contributed by atoms with Gasteiger partial charge in [-0.2, -0.15) is 0 Å². The van der Waals surface area contributed by atoms with Crippen LogP contribution in [0.1, 0.15) is 13.3 Å². The summed E-state index contributed by atoms with van der Waals surface area (Å²) in [7, 11) is 2.91. The van der Waals surface area contributed by atoms with Crippen LogP contribution >= 0.6 is 0 Å². The molecule has 0 saturated carbocycles. The second-order valence-corrected chi connectivity index (χ2v) is 3.85. The molecule has 0 bridgehead atoms. The van der Waals surface area contributed by atoms with E-state index in [0.717, 1.165) is 0 Å². The zero-order valence-electron chi connectivity index (χ0n) is 10.6. The summed E-state index contributed by atoms with van der Waals surface area (Å²) in [5.74, 6) is -1.54. The maximum Gasteiger partial charge on any atom is 0.328 e. The molecular formula is C10H19N3O5. The van der Waals surface area contributed by atoms with E-state index in [-0.39, 0.29) is 18.9 Å². The van der Waals surface area contributed by atoms with Crippen molar-refractivity contribution in [3.63, 3.8) is 0 Å². The average Bonchev–Trinajstić information content (AvgIpc) is 2.30. The zero-order valence-corrected chi connectivity index (χ0v) is 10.6. The maximum absolute atomic E-state index is 11.6. The van der Waals surface area contributed by atoms with Crippen LogP contribution in [0.15, 0.2) is 0 Å². The molecule has 0 spiro atoms. The van der Waals surface area contributed by atoms with Crippen LogP contribution in [0, 0.1) is 0 Å². The van der Waals surface area contributed by atoms with Gasteiger partial charge >= 0.3 is 12.0 Å². The van der Waals surface area contributed by atoms with Crippen LogP contribution in [0.2, 0.25) is 0 Å². The normalized spacial score (nSPS) is 13.3. The third-order valence-corrected chi connectivity index (χ3v) is 2.33. The average molecular weight is 261 g/mol. The number of aliphatic hydroxyl groups is 1. The van der Waals surface area contributed by atoms with Gasteiger partial charge in [-0.15, -0.1) is 0 Å². The van der Waals surface area contributed by atoms with Gasteiger partial charge in [0.05, 0.1) is 6.10 Å². The molecule has 0 aromatic carbocycles. The molecule has 8 heteroatoms. The number of carboxylic acid groups (broad SMARTS) is 1. The van der Waals surface area contributed by atoms with E-state index in [2.05, 4.69) is 10.6 Å². The molecule has 0 aromatic rings. The van der Waals surface area contributed by atoms with Gasteiger partial charge in [-0.05, 0) is 6.92 Å². The molecule has 18 heavy (non-hydrogen) atoms. The van der Waals surface area contributed by atoms with Crippen LogP contribution in [0.5, 0.6) is 0 Å². The Kier molecular flexibility index (Phi) is 6.73. The molecule has 4 N–H and O–H groups in total. The Labute approximate surface area is 105 Å². The Morgan fingerprint density at radius 2 is 1.89 bits per heavy atom. The standard InChI is InChI=1S/C10H19N3O5/c1-6(14)8(9(16)17)12-10(18)13(3)5-4-7(15)11-2/h6,8,14H,4-5H2,1-3H3,(H,11,15)(H,12,18)(H,16,17). The summed E-state index contributed by atoms with van der Waals surface area (Å²) >= 11 is 0. The van der Waals surface area contributed by atoms with Crippen LogP contribution < -0.4 is 10.6 Å². The minimum absolute atomic E-state index is 0.118. The van der Waals surface area contributed by atoms with Gasteiger partial charge in [-0.25, -0.2) is 9.59 Å². The monoisotopic (exact) mass is 261 g/mol. The number of carbonyl (C=O) groups excluding carboxylic acids is 2. The Balaban J connectivity index is 4.29. The summed E-state index contributed by atoms with van der Waals surface area (Å²) in [5, 5.41) is 22.5. The summed E-state index contributed by atoms with van der Waals surface area (Å²) in [6.07, 6.45) is -1.09. The molecule has 104 valence electrons. The zero-order chi connectivity index (χ0) is 14.3. The van der Waals surface area contributed by atoms with Crippen molar-refractivity contribution >= 4 is 17.9 Å². The van der Waals surface area contributed by atoms with Crippen LogP contribution in [0.4, 0.5) is 4.79 Å². The smallest absolute Gasteiger partial charge is 0.328 e. The number of aliphatic hydroxyl groups excluding tert-OH is 1. The molecular weight excluding hydrogens is 242 g/mol. The summed E-state index contributed by atoms with van der Waals surface area (Å²) in [6.45, 7) is 1.42. The van der Waals surface area contributed by atoms with Crippen LogP contribution in [0.3, 0.4) is 0 Å². The molecule has 8 nitrogen and oxygen atoms in total. The van der Waals surface area contributed by atoms with Gasteiger partial charge < -0.3 is 25.7 Å². The number of nitrogens with zero attached hydrogens (tertiary/aromatic N) is 1. The summed E-state index contributed by atoms with van der Waals surface area (Å²) in [6, 6.07) is -2.04. The number of aliphatic carboxylic acids is 1. The molecule has 0 heterocycles. The van der Waals surface area contributed by atoms with E-state index < -0.39 is 24.1 Å². The van der Waals surface area contributed by atoms with E-state index in [1.165, 1.54) is 25.9 Å². The van der Waals surface area contributed by atoms with E-state index >= 15 is 0 Å². The van der Waals surface area contributed by atoms with Gasteiger partial charge in [0, 0.05) is 27.1 Å². The van der Waals surface area contributed by atoms with Crippen molar-refractivity contribution in [3.05, 3.63) is 0 Å². The first-order valence-corrected chi connectivity index (χ1v) is 5.42. The van der Waals surface area contributed by atoms with Crippen LogP contribution in [-0.2, 0) is 9.59 Å². The number of carboxylic acids is 1. The van der Waals surface area contributed by atoms with Crippen molar-refractivity contribution in [2.45, 2.75) is 25.5 Å². The maximum atomic E-state index is 11.6. The number of hydrogen-bond donors (Lipinski definition) is 4. The SMILES string of the molecule is CNC(=O)CCN(C)C(=O)NC(C(=O)O)C(C)O. The van der Waals surface area contributed by atoms with E-state index in [4.69, 9.17) is 5.11 Å². The first-order chi connectivity index (χ1) is 8.29. The van der Waals surface area contributed by atoms with E-state index in [0.29, 0.717) is 0 Å². The number of amides is 3. The van der Waals surface area contributed by atoms with Crippen molar-refractivity contribution in [2.24, 2.45) is 0 Å². The molecule has 0 aromatic heterocycles. The highest BCUT2D eigenvalue weighted by Gasteiger charge is 2.26. The van der Waals surface area contributed by atoms with Gasteiger partial charge in [0.15, 0.2) is 6.04 Å². The van der Waals surface area contributed by atoms with Crippen LogP contribution in [0.25, 0.3) is 0 Å². The quantitative estimate of drug-likeness (QED) is 0.469. The fourth-order valence-corrected chi connectivity index (χ4v) is 1.13. The molecule has 0 saturated heterocycles. The van der Waals surface area contributed by atoms with Gasteiger partial charge in [0.25, 0.3) is 0 Å². The van der Waals surface area contributed by atoms with E-state index in [1.54, 1.807) is 0 Å². The molecule has 0 fully saturated rings. The van der Waals surface area contributed by atoms with Gasteiger partial charge in [0.2, 0.25) is 5.91 Å². The lowest BCUT2D eigenvalue weighted by Gasteiger charge is -2.22. The van der Waals surface area contributed by atoms with Gasteiger partial charge in [-0.1, -0.05) is 0 Å². The third kappa shape index (κ3) is 5.48. The van der Waals surface area contributed by atoms with Crippen molar-refractivity contribution in [1.82, 2.24) is 15.5 Å². The highest BCUT2D eigenvalue weighted by molar-refractivity contribution is 5.83. The third-order valence-electron chi connectivity index (χ3n) is 2.33. The molecule has 2 atom stereocenters. The van der Waals surface area contributed by atoms with E-state index in [9.17, 15) is 19.5 Å². The van der Waals surface area contributed by atoms with E-state index in [1.807, 2.05) is 0 Å². The Hall–Kier alpha value is -1.83. The Bertz CT molecular complexity index is 319. The first kappa shape index (κ1) is 16.2. The topological polar surface area (TPSA) is 119 Å². The van der Waals surface area contributed by atoms with Crippen LogP contribution in [-0.4, -0.2) is 65.8 Å². The molecule has 0 aliphatic carbocycles. The van der Waals surface area contributed by atoms with Crippen molar-refractivity contribution < 1.29 is 24.6 Å². The lowest BCUT2D eigenvalue weighted by Crippen LogP contribution is -2.51. The predicted molar refractivity (Wildman–Crippen MR) is 63.0 cm³/mol. The summed E-state index contributed by atoms with van der Waals surface area (Å²) in [4.78, 5) is 34.5. The number of hydrogen-bond acceptors (Lipinski definition) is 4. The second-order valence-electron chi connectivity index (χ2n) is 3.85. The predicted octanol–water partition coefficient (Wildman–Crippen LogP) is -1.40. The second kappa shape index (κ2) is 7.49. The number of carbonyl (C=O) groups is 3. The lowest BCUT2D eigenvalue weighted by molar-refractivity contribution is -0.141. The van der Waals surface area contributed by atoms with Crippen molar-refractivity contribution in [2.75, 3.05) is 20.6 Å². The van der Waals surface area contributed by atoms with Crippen molar-refractivity contribution in [3.8, 4) is 0 Å². The number of nitrogens with one attached hydrogen (secondary N) is 2. The van der Waals surface area contributed by atoms with Gasteiger partial charge in [-0.3, -0.25) is 4.79 Å². The lowest BCUT2D eigenvalue weighted by atomic mass is 10.2. The fraction of sp³-hybridized carbons (Fsp3) is 0.700. The summed E-state index contributed by atoms with van der Waals surface area (Å²) in [5.41, 5.74) is 0. The summed E-state index contributed by atoms with van der Waals surface area (Å²) < 4.78 is 0.